The van der Waals surface area contributed by atoms with Gasteiger partial charge in [-0.2, -0.15) is 10.1 Å². The van der Waals surface area contributed by atoms with Crippen LogP contribution in [-0.2, 0) is 0 Å². The number of hydrazone groups is 1. The van der Waals surface area contributed by atoms with E-state index in [1.165, 1.54) is 28.5 Å². The predicted octanol–water partition coefficient (Wildman–Crippen LogP) is 5.72. The molecule has 138 valence electrons. The molecule has 1 heterocycles. The van der Waals surface area contributed by atoms with Gasteiger partial charge >= 0.3 is 0 Å². The van der Waals surface area contributed by atoms with Gasteiger partial charge in [0.05, 0.1) is 22.0 Å². The number of amides is 1. The summed E-state index contributed by atoms with van der Waals surface area (Å²) < 4.78 is 15.0. The van der Waals surface area contributed by atoms with Crippen LogP contribution in [0.1, 0.15) is 15.9 Å². The first kappa shape index (κ1) is 18.7. The second-order valence-electron chi connectivity index (χ2n) is 5.86. The second-order valence-corrected chi connectivity index (χ2v) is 8.03. The van der Waals surface area contributed by atoms with Gasteiger partial charge < -0.3 is 0 Å². The fourth-order valence-electron chi connectivity index (χ4n) is 2.58. The first-order valence-corrected chi connectivity index (χ1v) is 10.3. The summed E-state index contributed by atoms with van der Waals surface area (Å²) in [6.45, 7) is 0. The molecule has 0 unspecified atom stereocenters. The standard InChI is InChI=1S/C21H13FIN3OS/c22-15-10-11-18-19(12-15)28-21(25-18)26(24-13-14-6-2-1-3-7-14)20(27)16-8-4-5-9-17(16)23/h1-13H/b24-13+. The van der Waals surface area contributed by atoms with Crippen molar-refractivity contribution >= 4 is 61.4 Å². The molecule has 4 nitrogen and oxygen atoms in total. The van der Waals surface area contributed by atoms with Crippen molar-refractivity contribution in [3.05, 3.63) is 93.3 Å². The van der Waals surface area contributed by atoms with Crippen LogP contribution in [0.2, 0.25) is 0 Å². The fourth-order valence-corrected chi connectivity index (χ4v) is 4.14. The Kier molecular flexibility index (Phi) is 5.45. The SMILES string of the molecule is O=C(c1ccccc1I)N(/N=C/c1ccccc1)c1nc2ccc(F)cc2s1. The van der Waals surface area contributed by atoms with Gasteiger partial charge in [-0.3, -0.25) is 4.79 Å². The second kappa shape index (κ2) is 8.15. The number of anilines is 1. The van der Waals surface area contributed by atoms with Crippen molar-refractivity contribution in [1.82, 2.24) is 4.98 Å². The highest BCUT2D eigenvalue weighted by atomic mass is 127. The minimum absolute atomic E-state index is 0.295. The van der Waals surface area contributed by atoms with Crippen LogP contribution in [-0.4, -0.2) is 17.1 Å². The number of carbonyl (C=O) groups is 1. The highest BCUT2D eigenvalue weighted by Gasteiger charge is 2.22. The van der Waals surface area contributed by atoms with Crippen LogP contribution in [0.4, 0.5) is 9.52 Å². The molecule has 0 saturated carbocycles. The van der Waals surface area contributed by atoms with E-state index in [-0.39, 0.29) is 11.7 Å². The normalized spacial score (nSPS) is 11.2. The number of carbonyl (C=O) groups excluding carboxylic acids is 1. The largest absolute Gasteiger partial charge is 0.281 e. The zero-order chi connectivity index (χ0) is 19.5. The summed E-state index contributed by atoms with van der Waals surface area (Å²) in [5.41, 5.74) is 2.01. The molecule has 0 aliphatic rings. The van der Waals surface area contributed by atoms with E-state index in [0.29, 0.717) is 20.9 Å². The van der Waals surface area contributed by atoms with E-state index in [9.17, 15) is 9.18 Å². The van der Waals surface area contributed by atoms with Gasteiger partial charge in [0.25, 0.3) is 5.91 Å². The molecule has 0 spiro atoms. The van der Waals surface area contributed by atoms with Gasteiger partial charge in [-0.25, -0.2) is 9.37 Å². The van der Waals surface area contributed by atoms with E-state index in [2.05, 4.69) is 32.7 Å². The first-order valence-electron chi connectivity index (χ1n) is 8.36. The zero-order valence-electron chi connectivity index (χ0n) is 14.4. The van der Waals surface area contributed by atoms with Gasteiger partial charge in [0.15, 0.2) is 0 Å². The molecule has 0 bridgehead atoms. The molecule has 3 aromatic carbocycles. The summed E-state index contributed by atoms with van der Waals surface area (Å²) in [4.78, 5) is 17.7. The van der Waals surface area contributed by atoms with Crippen molar-refractivity contribution in [3.8, 4) is 0 Å². The van der Waals surface area contributed by atoms with Crippen molar-refractivity contribution in [2.75, 3.05) is 5.01 Å². The molecule has 4 rings (SSSR count). The number of hydrogen-bond donors (Lipinski definition) is 0. The third-order valence-corrected chi connectivity index (χ3v) is 5.87. The average molecular weight is 501 g/mol. The van der Waals surface area contributed by atoms with Gasteiger partial charge in [0, 0.05) is 3.57 Å². The summed E-state index contributed by atoms with van der Waals surface area (Å²) in [7, 11) is 0. The van der Waals surface area contributed by atoms with E-state index >= 15 is 0 Å². The number of aromatic nitrogens is 1. The number of rotatable bonds is 4. The Morgan fingerprint density at radius 1 is 1.07 bits per heavy atom. The lowest BCUT2D eigenvalue weighted by Gasteiger charge is -2.14. The molecule has 28 heavy (non-hydrogen) atoms. The van der Waals surface area contributed by atoms with Crippen molar-refractivity contribution in [3.63, 3.8) is 0 Å². The van der Waals surface area contributed by atoms with Gasteiger partial charge in [-0.15, -0.1) is 0 Å². The lowest BCUT2D eigenvalue weighted by atomic mass is 10.2. The molecular weight excluding hydrogens is 488 g/mol. The number of benzene rings is 3. The molecule has 0 fully saturated rings. The number of nitrogens with zero attached hydrogens (tertiary/aromatic N) is 3. The molecule has 0 saturated heterocycles. The Labute approximate surface area is 178 Å². The van der Waals surface area contributed by atoms with Crippen LogP contribution in [0.3, 0.4) is 0 Å². The van der Waals surface area contributed by atoms with E-state index in [0.717, 1.165) is 9.13 Å². The molecule has 0 N–H and O–H groups in total. The Bertz CT molecular complexity index is 1180. The van der Waals surface area contributed by atoms with Gasteiger partial charge in [-0.05, 0) is 58.5 Å². The Hall–Kier alpha value is -2.65. The van der Waals surface area contributed by atoms with Gasteiger partial charge in [0.1, 0.15) is 5.82 Å². The summed E-state index contributed by atoms with van der Waals surface area (Å²) in [5, 5.41) is 6.07. The Balaban J connectivity index is 1.79. The maximum atomic E-state index is 13.6. The molecule has 1 aromatic heterocycles. The minimum atomic E-state index is -0.342. The van der Waals surface area contributed by atoms with Crippen molar-refractivity contribution < 1.29 is 9.18 Å². The summed E-state index contributed by atoms with van der Waals surface area (Å²) in [6, 6.07) is 21.1. The zero-order valence-corrected chi connectivity index (χ0v) is 17.4. The lowest BCUT2D eigenvalue weighted by Crippen LogP contribution is -2.26. The van der Waals surface area contributed by atoms with Gasteiger partial charge in [-0.1, -0.05) is 53.8 Å². The molecule has 0 atom stereocenters. The summed E-state index contributed by atoms with van der Waals surface area (Å²) >= 11 is 3.34. The number of hydrogen-bond acceptors (Lipinski definition) is 4. The highest BCUT2D eigenvalue weighted by Crippen LogP contribution is 2.31. The van der Waals surface area contributed by atoms with Crippen LogP contribution in [0.15, 0.2) is 77.9 Å². The summed E-state index contributed by atoms with van der Waals surface area (Å²) in [6.07, 6.45) is 1.61. The molecule has 0 radical (unpaired) electrons. The Morgan fingerprint density at radius 3 is 2.61 bits per heavy atom. The molecule has 0 aliphatic heterocycles. The number of halogens is 2. The fraction of sp³-hybridized carbons (Fsp3) is 0. The number of thiazole rings is 1. The molecule has 4 aromatic rings. The van der Waals surface area contributed by atoms with Gasteiger partial charge in [0.2, 0.25) is 5.13 Å². The van der Waals surface area contributed by atoms with Crippen LogP contribution in [0.25, 0.3) is 10.2 Å². The highest BCUT2D eigenvalue weighted by molar-refractivity contribution is 14.1. The predicted molar refractivity (Wildman–Crippen MR) is 120 cm³/mol. The number of fused-ring (bicyclic) bond motifs is 1. The molecule has 7 heteroatoms. The topological polar surface area (TPSA) is 45.6 Å². The van der Waals surface area contributed by atoms with E-state index in [4.69, 9.17) is 0 Å². The first-order chi connectivity index (χ1) is 13.6. The van der Waals surface area contributed by atoms with Crippen LogP contribution in [0, 0.1) is 9.39 Å². The molecule has 1 amide bonds. The maximum Gasteiger partial charge on any atom is 0.281 e. The van der Waals surface area contributed by atoms with Crippen LogP contribution in [0.5, 0.6) is 0 Å². The molecular formula is C21H13FIN3OS. The van der Waals surface area contributed by atoms with E-state index in [1.807, 2.05) is 48.5 Å². The van der Waals surface area contributed by atoms with E-state index < -0.39 is 0 Å². The lowest BCUT2D eigenvalue weighted by molar-refractivity contribution is 0.0987. The van der Waals surface area contributed by atoms with Crippen molar-refractivity contribution in [1.29, 1.82) is 0 Å². The third-order valence-electron chi connectivity index (χ3n) is 3.94. The quantitative estimate of drug-likeness (QED) is 0.204. The minimum Gasteiger partial charge on any atom is -0.267 e. The van der Waals surface area contributed by atoms with Crippen molar-refractivity contribution in [2.45, 2.75) is 0 Å². The summed E-state index contributed by atoms with van der Waals surface area (Å²) in [5.74, 6) is -0.636. The third kappa shape index (κ3) is 3.95. The monoisotopic (exact) mass is 501 g/mol. The maximum absolute atomic E-state index is 13.6. The smallest absolute Gasteiger partial charge is 0.267 e. The van der Waals surface area contributed by atoms with Crippen LogP contribution < -0.4 is 5.01 Å². The van der Waals surface area contributed by atoms with E-state index in [1.54, 1.807) is 18.3 Å². The Morgan fingerprint density at radius 2 is 1.82 bits per heavy atom. The molecule has 0 aliphatic carbocycles. The average Bonchev–Trinajstić information content (AvgIpc) is 3.12. The van der Waals surface area contributed by atoms with Crippen LogP contribution >= 0.6 is 33.9 Å². The van der Waals surface area contributed by atoms with Crippen molar-refractivity contribution in [2.24, 2.45) is 5.10 Å².